The van der Waals surface area contributed by atoms with Gasteiger partial charge in [0.05, 0.1) is 0 Å². The highest BCUT2D eigenvalue weighted by molar-refractivity contribution is 8.00. The second-order valence-electron chi connectivity index (χ2n) is 10.6. The molecule has 9 nitrogen and oxygen atoms in total. The minimum absolute atomic E-state index is 0.000159. The molecule has 0 aliphatic heterocycles. The highest BCUT2D eigenvalue weighted by atomic mass is 32.2. The van der Waals surface area contributed by atoms with Crippen molar-refractivity contribution < 1.29 is 23.3 Å². The second-order valence-corrected chi connectivity index (χ2v) is 11.8. The van der Waals surface area contributed by atoms with Crippen molar-refractivity contribution in [2.75, 3.05) is 10.6 Å². The number of aryl methyl sites for hydroxylation is 1. The Hall–Kier alpha value is -6.13. The van der Waals surface area contributed by atoms with Crippen molar-refractivity contribution in [2.24, 2.45) is 0 Å². The molecular formula is C38H30N4O5S. The van der Waals surface area contributed by atoms with E-state index in [0.29, 0.717) is 34.3 Å². The summed E-state index contributed by atoms with van der Waals surface area (Å²) < 4.78 is 11.1. The van der Waals surface area contributed by atoms with Crippen LogP contribution in [0.5, 0.6) is 0 Å². The summed E-state index contributed by atoms with van der Waals surface area (Å²) in [4.78, 5) is 40.7. The largest absolute Gasteiger partial charge is 0.457 e. The summed E-state index contributed by atoms with van der Waals surface area (Å²) in [6.45, 7) is 1.75. The van der Waals surface area contributed by atoms with Crippen molar-refractivity contribution in [1.29, 1.82) is 0 Å². The van der Waals surface area contributed by atoms with E-state index in [2.05, 4.69) is 21.1 Å². The molecule has 2 aromatic heterocycles. The van der Waals surface area contributed by atoms with Crippen LogP contribution in [0.25, 0.3) is 17.4 Å². The van der Waals surface area contributed by atoms with Gasteiger partial charge in [-0.25, -0.2) is 0 Å². The van der Waals surface area contributed by atoms with Gasteiger partial charge in [0.15, 0.2) is 5.82 Å². The first kappa shape index (κ1) is 31.8. The van der Waals surface area contributed by atoms with Gasteiger partial charge >= 0.3 is 0 Å². The lowest BCUT2D eigenvalue weighted by atomic mass is 10.1. The molecule has 2 heterocycles. The zero-order valence-electron chi connectivity index (χ0n) is 25.8. The van der Waals surface area contributed by atoms with Crippen molar-refractivity contribution in [1.82, 2.24) is 10.5 Å². The van der Waals surface area contributed by atoms with Crippen LogP contribution in [0.3, 0.4) is 0 Å². The summed E-state index contributed by atoms with van der Waals surface area (Å²) in [5.41, 5.74) is 2.59. The van der Waals surface area contributed by atoms with Crippen molar-refractivity contribution in [3.8, 4) is 11.3 Å². The summed E-state index contributed by atoms with van der Waals surface area (Å²) in [7, 11) is 0. The van der Waals surface area contributed by atoms with E-state index in [-0.39, 0.29) is 11.6 Å². The van der Waals surface area contributed by atoms with Gasteiger partial charge in [0.25, 0.3) is 11.8 Å². The normalized spacial score (nSPS) is 11.8. The molecule has 0 saturated carbocycles. The summed E-state index contributed by atoms with van der Waals surface area (Å²) in [6, 6.07) is 39.9. The smallest absolute Gasteiger partial charge is 0.272 e. The zero-order valence-corrected chi connectivity index (χ0v) is 26.6. The van der Waals surface area contributed by atoms with Gasteiger partial charge in [-0.3, -0.25) is 14.4 Å². The van der Waals surface area contributed by atoms with Crippen molar-refractivity contribution in [3.63, 3.8) is 0 Å². The van der Waals surface area contributed by atoms with Crippen LogP contribution in [0.1, 0.15) is 32.7 Å². The predicted octanol–water partition coefficient (Wildman–Crippen LogP) is 8.12. The molecule has 10 heteroatoms. The van der Waals surface area contributed by atoms with E-state index in [1.165, 1.54) is 17.8 Å². The Morgan fingerprint density at radius 1 is 0.771 bits per heavy atom. The van der Waals surface area contributed by atoms with E-state index in [4.69, 9.17) is 8.94 Å². The Morgan fingerprint density at radius 2 is 1.44 bits per heavy atom. The summed E-state index contributed by atoms with van der Waals surface area (Å²) in [5.74, 6) is 0.713. The fourth-order valence-corrected chi connectivity index (χ4v) is 5.77. The molecule has 0 fully saturated rings. The number of thioether (sulfide) groups is 1. The highest BCUT2D eigenvalue weighted by Crippen LogP contribution is 2.37. The average Bonchev–Trinajstić information content (AvgIpc) is 3.77. The molecule has 1 unspecified atom stereocenters. The monoisotopic (exact) mass is 654 g/mol. The standard InChI is InChI=1S/C38H30N4O5S/c1-25-23-34(42-47-25)41-38(45)35(27-13-7-3-8-14-27)48-31-20-17-29(18-21-31)39-37(44)32(40-36(43)28-15-9-4-10-16-28)24-30-19-22-33(46-30)26-11-5-2-6-12-26/h2-24,35H,1H3,(H,39,44)(H,40,43)(H,41,42,45)/b32-24+. The molecule has 1 atom stereocenters. The van der Waals surface area contributed by atoms with E-state index in [1.807, 2.05) is 84.9 Å². The fourth-order valence-electron chi connectivity index (χ4n) is 4.74. The molecule has 0 aliphatic carbocycles. The van der Waals surface area contributed by atoms with E-state index in [1.54, 1.807) is 55.5 Å². The van der Waals surface area contributed by atoms with E-state index < -0.39 is 17.1 Å². The van der Waals surface area contributed by atoms with Gasteiger partial charge in [0.2, 0.25) is 5.91 Å². The van der Waals surface area contributed by atoms with Gasteiger partial charge in [-0.2, -0.15) is 0 Å². The number of benzene rings is 4. The molecule has 0 aliphatic rings. The lowest BCUT2D eigenvalue weighted by Gasteiger charge is -2.16. The van der Waals surface area contributed by atoms with Gasteiger partial charge < -0.3 is 24.9 Å². The molecule has 48 heavy (non-hydrogen) atoms. The number of anilines is 2. The van der Waals surface area contributed by atoms with Crippen LogP contribution in [0.15, 0.2) is 153 Å². The molecule has 0 radical (unpaired) electrons. The van der Waals surface area contributed by atoms with Crippen LogP contribution < -0.4 is 16.0 Å². The molecular weight excluding hydrogens is 625 g/mol. The number of carbonyl (C=O) groups excluding carboxylic acids is 3. The summed E-state index contributed by atoms with van der Waals surface area (Å²) >= 11 is 1.35. The third-order valence-electron chi connectivity index (χ3n) is 7.09. The SMILES string of the molecule is Cc1cc(NC(=O)C(Sc2ccc(NC(=O)/C(=C\c3ccc(-c4ccccc4)o3)NC(=O)c3ccccc3)cc2)c2ccccc2)no1. The summed E-state index contributed by atoms with van der Waals surface area (Å²) in [5, 5.41) is 11.7. The van der Waals surface area contributed by atoms with E-state index >= 15 is 0 Å². The van der Waals surface area contributed by atoms with Gasteiger partial charge in [0.1, 0.15) is 28.2 Å². The maximum absolute atomic E-state index is 13.6. The zero-order chi connectivity index (χ0) is 33.3. The minimum atomic E-state index is -0.583. The van der Waals surface area contributed by atoms with Gasteiger partial charge in [-0.1, -0.05) is 84.0 Å². The van der Waals surface area contributed by atoms with Crippen LogP contribution in [0.4, 0.5) is 11.5 Å². The third kappa shape index (κ3) is 8.17. The predicted molar refractivity (Wildman–Crippen MR) is 186 cm³/mol. The second kappa shape index (κ2) is 15.0. The molecule has 3 N–H and O–H groups in total. The van der Waals surface area contributed by atoms with Crippen molar-refractivity contribution >= 4 is 47.1 Å². The number of amides is 3. The topological polar surface area (TPSA) is 126 Å². The molecule has 4 aromatic carbocycles. The fraction of sp³-hybridized carbons (Fsp3) is 0.0526. The molecule has 0 spiro atoms. The number of hydrogen-bond donors (Lipinski definition) is 3. The average molecular weight is 655 g/mol. The Morgan fingerprint density at radius 3 is 2.10 bits per heavy atom. The number of carbonyl (C=O) groups is 3. The first-order valence-corrected chi connectivity index (χ1v) is 15.9. The van der Waals surface area contributed by atoms with Crippen LogP contribution >= 0.6 is 11.8 Å². The van der Waals surface area contributed by atoms with Crippen molar-refractivity contribution in [3.05, 3.63) is 162 Å². The minimum Gasteiger partial charge on any atom is -0.457 e. The molecule has 0 saturated heterocycles. The lowest BCUT2D eigenvalue weighted by molar-refractivity contribution is -0.116. The number of nitrogens with zero attached hydrogens (tertiary/aromatic N) is 1. The number of hydrogen-bond acceptors (Lipinski definition) is 7. The molecule has 6 rings (SSSR count). The Balaban J connectivity index is 1.19. The molecule has 0 bridgehead atoms. The Kier molecular flexibility index (Phi) is 9.93. The maximum Gasteiger partial charge on any atom is 0.272 e. The quantitative estimate of drug-likeness (QED) is 0.0951. The van der Waals surface area contributed by atoms with E-state index in [0.717, 1.165) is 16.0 Å². The summed E-state index contributed by atoms with van der Waals surface area (Å²) in [6.07, 6.45) is 1.49. The molecule has 3 amide bonds. The van der Waals surface area contributed by atoms with Crippen LogP contribution in [0, 0.1) is 6.92 Å². The Bertz CT molecular complexity index is 2040. The maximum atomic E-state index is 13.6. The first-order valence-electron chi connectivity index (χ1n) is 15.0. The van der Waals surface area contributed by atoms with Crippen molar-refractivity contribution in [2.45, 2.75) is 17.1 Å². The third-order valence-corrected chi connectivity index (χ3v) is 8.35. The van der Waals surface area contributed by atoms with Gasteiger partial charge in [0, 0.05) is 33.9 Å². The van der Waals surface area contributed by atoms with Gasteiger partial charge in [-0.05, 0) is 61.0 Å². The lowest BCUT2D eigenvalue weighted by Crippen LogP contribution is -2.30. The molecule has 238 valence electrons. The number of rotatable bonds is 11. The number of nitrogens with one attached hydrogen (secondary N) is 3. The van der Waals surface area contributed by atoms with Crippen LogP contribution in [-0.2, 0) is 9.59 Å². The highest BCUT2D eigenvalue weighted by Gasteiger charge is 2.23. The number of aromatic nitrogens is 1. The van der Waals surface area contributed by atoms with Gasteiger partial charge in [-0.15, -0.1) is 11.8 Å². The molecule has 6 aromatic rings. The Labute approximate surface area is 281 Å². The number of furan rings is 1. The van der Waals surface area contributed by atoms with E-state index in [9.17, 15) is 14.4 Å². The van der Waals surface area contributed by atoms with Crippen LogP contribution in [0.2, 0.25) is 0 Å². The first-order chi connectivity index (χ1) is 23.4. The van der Waals surface area contributed by atoms with Crippen LogP contribution in [-0.4, -0.2) is 22.9 Å².